The highest BCUT2D eigenvalue weighted by molar-refractivity contribution is 5.56. The predicted octanol–water partition coefficient (Wildman–Crippen LogP) is 0.599. The number of ether oxygens (including phenoxy) is 1. The lowest BCUT2D eigenvalue weighted by atomic mass is 10.3. The Bertz CT molecular complexity index is 141. The van der Waals surface area contributed by atoms with Crippen LogP contribution in [-0.4, -0.2) is 55.0 Å². The fourth-order valence-electron chi connectivity index (χ4n) is 0.981. The zero-order valence-corrected chi connectivity index (χ0v) is 7.94. The van der Waals surface area contributed by atoms with Crippen molar-refractivity contribution in [3.05, 3.63) is 0 Å². The summed E-state index contributed by atoms with van der Waals surface area (Å²) >= 11 is 0. The maximum absolute atomic E-state index is 10.1. The van der Waals surface area contributed by atoms with E-state index in [0.717, 1.165) is 0 Å². The van der Waals surface area contributed by atoms with E-state index in [1.165, 1.54) is 0 Å². The van der Waals surface area contributed by atoms with E-state index in [-0.39, 0.29) is 11.6 Å². The van der Waals surface area contributed by atoms with Gasteiger partial charge in [0.25, 0.3) is 0 Å². The Balaban J connectivity index is 0. The Labute approximate surface area is 72.4 Å². The van der Waals surface area contributed by atoms with E-state index in [1.807, 2.05) is 21.1 Å². The number of carboxylic acid groups (broad SMARTS) is 1. The zero-order valence-electron chi connectivity index (χ0n) is 7.94. The van der Waals surface area contributed by atoms with Gasteiger partial charge in [0.15, 0.2) is 6.10 Å². The lowest BCUT2D eigenvalue weighted by Gasteiger charge is -2.26. The van der Waals surface area contributed by atoms with Crippen LogP contribution in [0.25, 0.3) is 0 Å². The number of hydrogen-bond acceptors (Lipinski definition) is 3. The Morgan fingerprint density at radius 2 is 1.92 bits per heavy atom. The zero-order chi connectivity index (χ0) is 9.07. The summed E-state index contributed by atoms with van der Waals surface area (Å²) in [5, 5.41) is 8.25. The van der Waals surface area contributed by atoms with Crippen molar-refractivity contribution < 1.29 is 24.6 Å². The number of nitrogens with zero attached hydrogens (tertiary/aromatic N) is 1. The fraction of sp³-hybridized carbons (Fsp3) is 0.857. The lowest BCUT2D eigenvalue weighted by Crippen LogP contribution is -2.41. The van der Waals surface area contributed by atoms with Crippen LogP contribution in [0.2, 0.25) is 0 Å². The third-order valence-electron chi connectivity index (χ3n) is 1.11. The second kappa shape index (κ2) is 4.95. The third kappa shape index (κ3) is 9.19. The second-order valence-electron chi connectivity index (χ2n) is 3.67. The second-order valence-corrected chi connectivity index (χ2v) is 3.67. The first-order valence-corrected chi connectivity index (χ1v) is 3.51. The van der Waals surface area contributed by atoms with Gasteiger partial charge < -0.3 is 19.8 Å². The normalized spacial score (nSPS) is 13.0. The molecule has 0 bridgehead atoms. The molecule has 0 amide bonds. The molecule has 0 rings (SSSR count). The van der Waals surface area contributed by atoms with E-state index in [2.05, 4.69) is 4.74 Å². The maximum atomic E-state index is 10.1. The van der Waals surface area contributed by atoms with Crippen LogP contribution in [0.4, 0.5) is 4.79 Å². The first-order chi connectivity index (χ1) is 4.81. The molecule has 12 heavy (non-hydrogen) atoms. The molecule has 0 aliphatic rings. The predicted molar refractivity (Wildman–Crippen MR) is 43.4 cm³/mol. The summed E-state index contributed by atoms with van der Waals surface area (Å²) in [6, 6.07) is 0. The minimum atomic E-state index is -1.20. The average Bonchev–Trinajstić information content (AvgIpc) is 1.53. The molecule has 2 N–H and O–H groups in total. The quantitative estimate of drug-likeness (QED) is 0.508. The van der Waals surface area contributed by atoms with Crippen LogP contribution in [-0.2, 0) is 4.74 Å². The highest BCUT2D eigenvalue weighted by Gasteiger charge is 2.16. The Hall–Kier alpha value is -0.810. The number of rotatable bonds is 3. The first kappa shape index (κ1) is 13.8. The molecule has 0 saturated heterocycles. The van der Waals surface area contributed by atoms with Crippen molar-refractivity contribution in [2.75, 3.05) is 27.7 Å². The molecule has 1 unspecified atom stereocenters. The minimum absolute atomic E-state index is 0. The van der Waals surface area contributed by atoms with Gasteiger partial charge in [-0.15, -0.1) is 0 Å². The summed E-state index contributed by atoms with van der Waals surface area (Å²) in [6.07, 6.45) is -1.45. The van der Waals surface area contributed by atoms with Crippen LogP contribution in [0.3, 0.4) is 0 Å². The van der Waals surface area contributed by atoms with E-state index in [1.54, 1.807) is 6.92 Å². The molecule has 0 heterocycles. The molecular weight excluding hydrogens is 162 g/mol. The molecule has 0 fully saturated rings. The van der Waals surface area contributed by atoms with Gasteiger partial charge in [-0.3, -0.25) is 0 Å². The maximum Gasteiger partial charge on any atom is 0.506 e. The lowest BCUT2D eigenvalue weighted by molar-refractivity contribution is -0.873. The van der Waals surface area contributed by atoms with Gasteiger partial charge in [0.05, 0.1) is 21.1 Å². The minimum Gasteiger partial charge on any atom is -0.870 e. The number of likely N-dealkylation sites (N-methyl/N-ethyl adjacent to an activating group) is 1. The number of quaternary nitrogens is 1. The van der Waals surface area contributed by atoms with Gasteiger partial charge in [0, 0.05) is 0 Å². The van der Waals surface area contributed by atoms with Crippen molar-refractivity contribution in [2.45, 2.75) is 13.0 Å². The molecule has 5 heteroatoms. The van der Waals surface area contributed by atoms with Gasteiger partial charge in [0.1, 0.15) is 6.54 Å². The van der Waals surface area contributed by atoms with Crippen molar-refractivity contribution in [3.63, 3.8) is 0 Å². The van der Waals surface area contributed by atoms with Gasteiger partial charge in [-0.25, -0.2) is 4.79 Å². The summed E-state index contributed by atoms with van der Waals surface area (Å²) in [4.78, 5) is 10.1. The van der Waals surface area contributed by atoms with Gasteiger partial charge in [-0.1, -0.05) is 0 Å². The standard InChI is InChI=1S/C7H15NO3.H2O/c1-6(11-7(9)10)5-8(2,3)4;/h6H,5H2,1-4H3;1H2. The van der Waals surface area contributed by atoms with Crippen molar-refractivity contribution >= 4 is 6.16 Å². The van der Waals surface area contributed by atoms with E-state index >= 15 is 0 Å². The summed E-state index contributed by atoms with van der Waals surface area (Å²) in [5.74, 6) is 0. The van der Waals surface area contributed by atoms with E-state index < -0.39 is 6.16 Å². The Kier molecular flexibility index (Phi) is 5.67. The van der Waals surface area contributed by atoms with Crippen LogP contribution in [0.5, 0.6) is 0 Å². The molecule has 0 aromatic rings. The van der Waals surface area contributed by atoms with E-state index in [9.17, 15) is 4.79 Å². The van der Waals surface area contributed by atoms with Crippen LogP contribution in [0, 0.1) is 0 Å². The molecular formula is C7H17NO4. The van der Waals surface area contributed by atoms with Crippen molar-refractivity contribution in [2.24, 2.45) is 0 Å². The summed E-state index contributed by atoms with van der Waals surface area (Å²) in [6.45, 7) is 2.43. The third-order valence-corrected chi connectivity index (χ3v) is 1.11. The molecule has 0 spiro atoms. The summed E-state index contributed by atoms with van der Waals surface area (Å²) in [5.41, 5.74) is 0. The smallest absolute Gasteiger partial charge is 0.506 e. The Morgan fingerprint density at radius 1 is 1.50 bits per heavy atom. The topological polar surface area (TPSA) is 76.5 Å². The number of carbonyl (C=O) groups is 1. The molecule has 5 nitrogen and oxygen atoms in total. The molecule has 0 radical (unpaired) electrons. The van der Waals surface area contributed by atoms with E-state index in [4.69, 9.17) is 5.11 Å². The molecule has 0 aliphatic heterocycles. The van der Waals surface area contributed by atoms with E-state index in [0.29, 0.717) is 11.0 Å². The molecule has 0 aromatic carbocycles. The highest BCUT2D eigenvalue weighted by atomic mass is 16.7. The molecule has 74 valence electrons. The number of hydrogen-bond donors (Lipinski definition) is 1. The first-order valence-electron chi connectivity index (χ1n) is 3.51. The van der Waals surface area contributed by atoms with Crippen molar-refractivity contribution in [1.82, 2.24) is 0 Å². The van der Waals surface area contributed by atoms with Crippen molar-refractivity contribution in [1.29, 1.82) is 0 Å². The van der Waals surface area contributed by atoms with Gasteiger partial charge in [-0.05, 0) is 6.92 Å². The molecule has 1 atom stereocenters. The summed E-state index contributed by atoms with van der Waals surface area (Å²) < 4.78 is 5.23. The fourth-order valence-corrected chi connectivity index (χ4v) is 0.981. The van der Waals surface area contributed by atoms with Crippen LogP contribution < -0.4 is 0 Å². The largest absolute Gasteiger partial charge is 0.870 e. The highest BCUT2D eigenvalue weighted by Crippen LogP contribution is 1.98. The van der Waals surface area contributed by atoms with Gasteiger partial charge >= 0.3 is 6.16 Å². The summed E-state index contributed by atoms with van der Waals surface area (Å²) in [7, 11) is 5.96. The SMILES string of the molecule is CC(C[N+](C)(C)C)OC(=O)O.[OH-]. The Morgan fingerprint density at radius 3 is 2.17 bits per heavy atom. The van der Waals surface area contributed by atoms with Gasteiger partial charge in [-0.2, -0.15) is 0 Å². The van der Waals surface area contributed by atoms with Crippen molar-refractivity contribution in [3.8, 4) is 0 Å². The van der Waals surface area contributed by atoms with Gasteiger partial charge in [0.2, 0.25) is 0 Å². The molecule has 0 saturated carbocycles. The van der Waals surface area contributed by atoms with Crippen LogP contribution in [0.1, 0.15) is 6.92 Å². The van der Waals surface area contributed by atoms with Crippen LogP contribution >= 0.6 is 0 Å². The van der Waals surface area contributed by atoms with Crippen LogP contribution in [0.15, 0.2) is 0 Å². The molecule has 0 aliphatic carbocycles. The molecule has 0 aromatic heterocycles. The monoisotopic (exact) mass is 179 g/mol. The average molecular weight is 179 g/mol.